The average Bonchev–Trinajstić information content (AvgIpc) is 3.05. The van der Waals surface area contributed by atoms with Crippen LogP contribution in [0.4, 0.5) is 17.6 Å². The van der Waals surface area contributed by atoms with Crippen LogP contribution in [-0.4, -0.2) is 22.6 Å². The van der Waals surface area contributed by atoms with Gasteiger partial charge in [-0.15, -0.1) is 0 Å². The van der Waals surface area contributed by atoms with Gasteiger partial charge in [-0.3, -0.25) is 4.79 Å². The van der Waals surface area contributed by atoms with E-state index in [-0.39, 0.29) is 24.6 Å². The van der Waals surface area contributed by atoms with Gasteiger partial charge in [-0.2, -0.15) is 13.2 Å². The monoisotopic (exact) mass is 422 g/mol. The Morgan fingerprint density at radius 2 is 2.00 bits per heavy atom. The van der Waals surface area contributed by atoms with Gasteiger partial charge in [-0.25, -0.2) is 4.39 Å². The molecular weight excluding hydrogens is 404 g/mol. The number of aromatic amines is 1. The number of alkyl halides is 3. The molecule has 9 heteroatoms. The van der Waals surface area contributed by atoms with E-state index >= 15 is 0 Å². The maximum Gasteiger partial charge on any atom is 0.416 e. The summed E-state index contributed by atoms with van der Waals surface area (Å²) in [6, 6.07) is 7.25. The number of carbonyl (C=O) groups is 1. The number of aromatic nitrogens is 1. The molecule has 1 atom stereocenters. The summed E-state index contributed by atoms with van der Waals surface area (Å²) in [5, 5.41) is 13.1. The summed E-state index contributed by atoms with van der Waals surface area (Å²) >= 11 is 0. The molecule has 0 bridgehead atoms. The van der Waals surface area contributed by atoms with E-state index in [9.17, 15) is 22.4 Å². The standard InChI is InChI=1S/C21H18F4N2O3/c22-12-2-1-11(16(7-12)21(23,24)25)10-30-13-3-4-17-15(8-13)14-5-6-26-18(9-19(28)29)20(14)27-17/h1-4,7-8,18,26-27H,5-6,9-10H2,(H,28,29)/t18-/m0/s1. The van der Waals surface area contributed by atoms with Crippen molar-refractivity contribution in [3.05, 3.63) is 64.6 Å². The summed E-state index contributed by atoms with van der Waals surface area (Å²) in [5.74, 6) is -1.51. The van der Waals surface area contributed by atoms with Gasteiger partial charge < -0.3 is 20.1 Å². The molecule has 0 fully saturated rings. The third kappa shape index (κ3) is 3.97. The van der Waals surface area contributed by atoms with Gasteiger partial charge in [-0.1, -0.05) is 6.07 Å². The highest BCUT2D eigenvalue weighted by molar-refractivity contribution is 5.86. The van der Waals surface area contributed by atoms with Gasteiger partial charge in [0.2, 0.25) is 0 Å². The molecule has 0 spiro atoms. The lowest BCUT2D eigenvalue weighted by molar-refractivity contribution is -0.139. The van der Waals surface area contributed by atoms with Crippen LogP contribution in [0.15, 0.2) is 36.4 Å². The summed E-state index contributed by atoms with van der Waals surface area (Å²) in [6.07, 6.45) is -4.06. The Balaban J connectivity index is 1.61. The first-order valence-electron chi connectivity index (χ1n) is 9.30. The van der Waals surface area contributed by atoms with Crippen LogP contribution >= 0.6 is 0 Å². The zero-order valence-corrected chi connectivity index (χ0v) is 15.6. The average molecular weight is 422 g/mol. The molecule has 1 aromatic heterocycles. The second kappa shape index (κ2) is 7.64. The second-order valence-electron chi connectivity index (χ2n) is 7.17. The molecule has 30 heavy (non-hydrogen) atoms. The summed E-state index contributed by atoms with van der Waals surface area (Å²) in [7, 11) is 0. The van der Waals surface area contributed by atoms with Gasteiger partial charge in [0.25, 0.3) is 0 Å². The quantitative estimate of drug-likeness (QED) is 0.527. The maximum absolute atomic E-state index is 13.3. The van der Waals surface area contributed by atoms with E-state index in [1.165, 1.54) is 0 Å². The van der Waals surface area contributed by atoms with Gasteiger partial charge in [0, 0.05) is 22.2 Å². The third-order valence-corrected chi connectivity index (χ3v) is 5.18. The lowest BCUT2D eigenvalue weighted by Crippen LogP contribution is -2.31. The van der Waals surface area contributed by atoms with Crippen LogP contribution in [0.3, 0.4) is 0 Å². The molecule has 1 aliphatic rings. The van der Waals surface area contributed by atoms with Crippen molar-refractivity contribution in [3.63, 3.8) is 0 Å². The Bertz CT molecular complexity index is 1110. The number of nitrogens with one attached hydrogen (secondary N) is 2. The van der Waals surface area contributed by atoms with E-state index in [1.54, 1.807) is 18.2 Å². The molecular formula is C21H18F4N2O3. The first-order valence-corrected chi connectivity index (χ1v) is 9.30. The molecule has 1 aliphatic heterocycles. The van der Waals surface area contributed by atoms with Crippen molar-refractivity contribution in [2.45, 2.75) is 31.7 Å². The molecule has 0 saturated heterocycles. The van der Waals surface area contributed by atoms with E-state index in [1.807, 2.05) is 0 Å². The predicted molar refractivity (Wildman–Crippen MR) is 101 cm³/mol. The Morgan fingerprint density at radius 1 is 1.20 bits per heavy atom. The first-order chi connectivity index (χ1) is 14.2. The van der Waals surface area contributed by atoms with Crippen molar-refractivity contribution in [3.8, 4) is 5.75 Å². The summed E-state index contributed by atoms with van der Waals surface area (Å²) in [5.41, 5.74) is 1.34. The molecule has 0 unspecified atom stereocenters. The molecule has 3 N–H and O–H groups in total. The highest BCUT2D eigenvalue weighted by Crippen LogP contribution is 2.35. The molecule has 2 aromatic carbocycles. The Hall–Kier alpha value is -3.07. The lowest BCUT2D eigenvalue weighted by Gasteiger charge is -2.22. The van der Waals surface area contributed by atoms with Gasteiger partial charge >= 0.3 is 12.1 Å². The zero-order valence-electron chi connectivity index (χ0n) is 15.6. The van der Waals surface area contributed by atoms with Gasteiger partial charge in [0.15, 0.2) is 0 Å². The van der Waals surface area contributed by atoms with Crippen LogP contribution in [0.2, 0.25) is 0 Å². The molecule has 3 aromatic rings. The molecule has 5 nitrogen and oxygen atoms in total. The van der Waals surface area contributed by atoms with E-state index in [0.717, 1.165) is 34.3 Å². The largest absolute Gasteiger partial charge is 0.489 e. The van der Waals surface area contributed by atoms with E-state index in [2.05, 4.69) is 10.3 Å². The topological polar surface area (TPSA) is 74.4 Å². The predicted octanol–water partition coefficient (Wildman–Crippen LogP) is 4.57. The molecule has 0 radical (unpaired) electrons. The van der Waals surface area contributed by atoms with E-state index in [0.29, 0.717) is 24.8 Å². The maximum atomic E-state index is 13.3. The Morgan fingerprint density at radius 3 is 2.73 bits per heavy atom. The fraction of sp³-hybridized carbons (Fsp3) is 0.286. The van der Waals surface area contributed by atoms with Crippen molar-refractivity contribution in [1.29, 1.82) is 0 Å². The number of benzene rings is 2. The summed E-state index contributed by atoms with van der Waals surface area (Å²) in [6.45, 7) is 0.254. The minimum absolute atomic E-state index is 0.0615. The van der Waals surface area contributed by atoms with Crippen molar-refractivity contribution >= 4 is 16.9 Å². The first kappa shape index (κ1) is 20.2. The number of fused-ring (bicyclic) bond motifs is 3. The van der Waals surface area contributed by atoms with Gasteiger partial charge in [-0.05, 0) is 48.9 Å². The van der Waals surface area contributed by atoms with Crippen molar-refractivity contribution < 1.29 is 32.2 Å². The van der Waals surface area contributed by atoms with Crippen LogP contribution in [0, 0.1) is 5.82 Å². The molecule has 4 rings (SSSR count). The van der Waals surface area contributed by atoms with Crippen molar-refractivity contribution in [2.75, 3.05) is 6.54 Å². The van der Waals surface area contributed by atoms with E-state index in [4.69, 9.17) is 9.84 Å². The van der Waals surface area contributed by atoms with Crippen molar-refractivity contribution in [1.82, 2.24) is 10.3 Å². The Labute approximate surface area is 168 Å². The van der Waals surface area contributed by atoms with Gasteiger partial charge in [0.05, 0.1) is 18.0 Å². The van der Waals surface area contributed by atoms with Crippen LogP contribution in [0.1, 0.15) is 34.8 Å². The number of aliphatic carboxylic acids is 1. The lowest BCUT2D eigenvalue weighted by atomic mass is 9.97. The number of H-pyrrole nitrogens is 1. The fourth-order valence-electron chi connectivity index (χ4n) is 3.83. The molecule has 0 amide bonds. The van der Waals surface area contributed by atoms with Crippen LogP contribution in [0.5, 0.6) is 5.75 Å². The number of rotatable bonds is 5. The molecule has 0 aliphatic carbocycles. The Kier molecular flexibility index (Phi) is 5.15. The minimum Gasteiger partial charge on any atom is -0.489 e. The molecule has 158 valence electrons. The number of carboxylic acids is 1. The molecule has 2 heterocycles. The number of carboxylic acid groups (broad SMARTS) is 1. The van der Waals surface area contributed by atoms with Crippen LogP contribution in [-0.2, 0) is 24.0 Å². The number of halogens is 4. The normalized spacial score (nSPS) is 16.5. The third-order valence-electron chi connectivity index (χ3n) is 5.18. The SMILES string of the molecule is O=C(O)C[C@@H]1NCCc2c1[nH]c1ccc(OCc3ccc(F)cc3C(F)(F)F)cc21. The fourth-order valence-corrected chi connectivity index (χ4v) is 3.83. The second-order valence-corrected chi connectivity index (χ2v) is 7.17. The summed E-state index contributed by atoms with van der Waals surface area (Å²) < 4.78 is 58.3. The van der Waals surface area contributed by atoms with Crippen LogP contribution < -0.4 is 10.1 Å². The number of hydrogen-bond donors (Lipinski definition) is 3. The van der Waals surface area contributed by atoms with Gasteiger partial charge in [0.1, 0.15) is 18.2 Å². The zero-order chi connectivity index (χ0) is 21.5. The van der Waals surface area contributed by atoms with E-state index < -0.39 is 23.5 Å². The smallest absolute Gasteiger partial charge is 0.416 e. The number of ether oxygens (including phenoxy) is 1. The highest BCUT2D eigenvalue weighted by atomic mass is 19.4. The highest BCUT2D eigenvalue weighted by Gasteiger charge is 2.34. The minimum atomic E-state index is -4.68. The summed E-state index contributed by atoms with van der Waals surface area (Å²) in [4.78, 5) is 14.3. The number of hydrogen-bond acceptors (Lipinski definition) is 3. The molecule has 0 saturated carbocycles. The van der Waals surface area contributed by atoms with Crippen molar-refractivity contribution in [2.24, 2.45) is 0 Å². The van der Waals surface area contributed by atoms with Crippen LogP contribution in [0.25, 0.3) is 10.9 Å².